The second kappa shape index (κ2) is 36.6. The van der Waals surface area contributed by atoms with Gasteiger partial charge in [0.1, 0.15) is 122 Å². The molecule has 0 aromatic heterocycles. The number of carboxylic acids is 2. The molecule has 26 unspecified atom stereocenters. The number of aliphatic hydroxyl groups excluding tert-OH is 8. The van der Waals surface area contributed by atoms with Crippen LogP contribution in [0.3, 0.4) is 0 Å². The van der Waals surface area contributed by atoms with E-state index in [2.05, 4.69) is 37.2 Å². The largest absolute Gasteiger partial charge is 0.480 e. The smallest absolute Gasteiger partial charge is 0.332 e. The molecule has 0 aromatic rings. The number of nitrogens with one attached hydrogen (secondary N) is 7. The molecule has 4 aliphatic rings. The maximum absolute atomic E-state index is 14.2. The van der Waals surface area contributed by atoms with Gasteiger partial charge in [0.2, 0.25) is 47.3 Å². The predicted molar refractivity (Wildman–Crippen MR) is 303 cm³/mol. The number of aliphatic hydroxyl groups is 8. The molecule has 92 heavy (non-hydrogen) atoms. The minimum Gasteiger partial charge on any atom is -0.480 e. The van der Waals surface area contributed by atoms with Crippen molar-refractivity contribution in [2.24, 2.45) is 17.2 Å². The highest BCUT2D eigenvalue weighted by Gasteiger charge is 2.57. The van der Waals surface area contributed by atoms with Crippen molar-refractivity contribution >= 4 is 59.2 Å². The van der Waals surface area contributed by atoms with Gasteiger partial charge < -0.3 is 148 Å². The molecule has 0 saturated carbocycles. The van der Waals surface area contributed by atoms with Gasteiger partial charge in [-0.1, -0.05) is 0 Å². The van der Waals surface area contributed by atoms with Crippen molar-refractivity contribution in [1.82, 2.24) is 37.2 Å². The first kappa shape index (κ1) is 78.4. The van der Waals surface area contributed by atoms with E-state index >= 15 is 0 Å². The summed E-state index contributed by atoms with van der Waals surface area (Å²) < 4.78 is 54.3. The van der Waals surface area contributed by atoms with E-state index in [0.717, 1.165) is 41.5 Å². The van der Waals surface area contributed by atoms with Gasteiger partial charge in [0.15, 0.2) is 31.3 Å². The fourth-order valence-electron chi connectivity index (χ4n) is 10.3. The first-order valence-corrected chi connectivity index (χ1v) is 29.5. The van der Waals surface area contributed by atoms with Crippen molar-refractivity contribution in [3.05, 3.63) is 0 Å². The first-order valence-electron chi connectivity index (χ1n) is 29.5. The summed E-state index contributed by atoms with van der Waals surface area (Å²) in [6.45, 7) is 3.88. The minimum atomic E-state index is -2.09. The van der Waals surface area contributed by atoms with Crippen LogP contribution in [-0.4, -0.2) is 302 Å². The Labute approximate surface area is 526 Å². The Bertz CT molecular complexity index is 2500. The minimum absolute atomic E-state index is 0.0650. The lowest BCUT2D eigenvalue weighted by atomic mass is 9.93. The molecule has 0 spiro atoms. The molecule has 4 aliphatic heterocycles. The third-order valence-electron chi connectivity index (χ3n) is 15.3. The normalized spacial score (nSPS) is 33.4. The summed E-state index contributed by atoms with van der Waals surface area (Å²) in [5.74, 6) is -10.3. The maximum atomic E-state index is 14.2. The van der Waals surface area contributed by atoms with Crippen LogP contribution in [0.2, 0.25) is 0 Å². The van der Waals surface area contributed by atoms with Gasteiger partial charge in [-0.15, -0.1) is 0 Å². The quantitative estimate of drug-likeness (QED) is 0.0266. The van der Waals surface area contributed by atoms with E-state index in [0.29, 0.717) is 12.8 Å². The van der Waals surface area contributed by atoms with Crippen molar-refractivity contribution < 1.29 is 142 Å². The van der Waals surface area contributed by atoms with Crippen molar-refractivity contribution in [3.63, 3.8) is 0 Å². The third-order valence-corrected chi connectivity index (χ3v) is 15.3. The molecule has 4 heterocycles. The zero-order chi connectivity index (χ0) is 69.2. The SMILES string of the molecule is CC(=O)NC1C(OC2C(CO)OC(OC3C(CO)OC(OC4C(CO)OC(O)C(N)C4OC(C)C(=O)O)C(NC(C)=O)C3O)C(NC(C)=O)C2OC(C)C(=O)NC(C)C(=O)NC(CCC(=O)NC(CCCCN)C(=O)NC(C)C(=O)O)C(N)=O)OC(CO)C(O)C1O. The number of carbonyl (C=O) groups excluding carboxylic acids is 8. The zero-order valence-corrected chi connectivity index (χ0v) is 51.5. The molecule has 4 saturated heterocycles. The lowest BCUT2D eigenvalue weighted by Crippen LogP contribution is -2.72. The Morgan fingerprint density at radius 2 is 0.957 bits per heavy atom. The van der Waals surface area contributed by atoms with Crippen LogP contribution in [0, 0.1) is 0 Å². The van der Waals surface area contributed by atoms with E-state index in [9.17, 15) is 99.0 Å². The molecule has 4 rings (SSSR count). The number of carbonyl (C=O) groups is 10. The van der Waals surface area contributed by atoms with Crippen molar-refractivity contribution in [3.8, 4) is 0 Å². The second-order valence-corrected chi connectivity index (χ2v) is 22.5. The summed E-state index contributed by atoms with van der Waals surface area (Å²) >= 11 is 0. The van der Waals surface area contributed by atoms with Gasteiger partial charge in [-0.2, -0.15) is 0 Å². The van der Waals surface area contributed by atoms with Crippen molar-refractivity contribution in [1.29, 1.82) is 0 Å². The lowest BCUT2D eigenvalue weighted by Gasteiger charge is -2.51. The summed E-state index contributed by atoms with van der Waals surface area (Å²) in [7, 11) is 0. The first-order chi connectivity index (χ1) is 43.2. The molecule has 4 fully saturated rings. The maximum Gasteiger partial charge on any atom is 0.332 e. The molecule has 8 amide bonds. The van der Waals surface area contributed by atoms with Crippen LogP contribution >= 0.6 is 0 Å². The third kappa shape index (κ3) is 21.5. The number of nitrogens with two attached hydrogens (primary N) is 3. The fourth-order valence-corrected chi connectivity index (χ4v) is 10.3. The number of rotatable bonds is 34. The Kier molecular flexibility index (Phi) is 31.2. The van der Waals surface area contributed by atoms with Crippen LogP contribution in [-0.2, 0) is 90.6 Å². The molecule has 0 aliphatic carbocycles. The van der Waals surface area contributed by atoms with Crippen LogP contribution in [0.5, 0.6) is 0 Å². The topological polar surface area (TPSA) is 618 Å². The number of carboxylic acid groups (broad SMARTS) is 2. The van der Waals surface area contributed by atoms with Gasteiger partial charge in [0, 0.05) is 27.2 Å². The standard InChI is InChI=1S/C53H90N10O29/c1-18(45(76)63-25(44(56)75)11-12-31(71)62-26(10-8-9-13-54)47(78)58-19(2)48(79)80)57-46(77)20(3)84-43-35(61-24(7)70)53(89-30(17-67)41(43)92-51-33(59-22(5)68)37(73)36(72)27(14-64)87-51)90-39-28(15-65)88-52(34(38(39)74)60-23(6)69)91-40-29(16-66)86-50(83)32(55)42(40)85-21(4)49(81)82/h18-21,25-30,32-43,50-53,64-67,72-74,83H,8-17,54-55H2,1-7H3,(H2,56,75)(H,57,77)(H,58,78)(H,59,68)(H,60,69)(H,61,70)(H,62,71)(H,63,76)(H,79,80)(H,81,82). The highest BCUT2D eigenvalue weighted by molar-refractivity contribution is 5.93. The number of primary amides is 1. The van der Waals surface area contributed by atoms with E-state index < -0.39 is 257 Å². The summed E-state index contributed by atoms with van der Waals surface area (Å²) in [4.78, 5) is 128. The van der Waals surface area contributed by atoms with Crippen LogP contribution in [0.25, 0.3) is 0 Å². The molecule has 0 aromatic carbocycles. The van der Waals surface area contributed by atoms with Gasteiger partial charge in [-0.3, -0.25) is 43.2 Å². The summed E-state index contributed by atoms with van der Waals surface area (Å²) in [6.07, 6.45) is -32.7. The van der Waals surface area contributed by atoms with Gasteiger partial charge in [-0.05, 0) is 59.9 Å². The number of hydrogen-bond donors (Lipinski definition) is 20. The van der Waals surface area contributed by atoms with Gasteiger partial charge >= 0.3 is 11.9 Å². The van der Waals surface area contributed by atoms with E-state index in [1.54, 1.807) is 0 Å². The molecular formula is C53H90N10O29. The van der Waals surface area contributed by atoms with Crippen LogP contribution < -0.4 is 54.4 Å². The Morgan fingerprint density at radius 3 is 1.47 bits per heavy atom. The van der Waals surface area contributed by atoms with Crippen molar-refractivity contribution in [2.75, 3.05) is 33.0 Å². The van der Waals surface area contributed by atoms with Crippen LogP contribution in [0.4, 0.5) is 0 Å². The fraction of sp³-hybridized carbons (Fsp3) is 0.811. The Hall–Kier alpha value is -6.06. The van der Waals surface area contributed by atoms with E-state index in [1.807, 2.05) is 0 Å². The molecule has 26 atom stereocenters. The van der Waals surface area contributed by atoms with Gasteiger partial charge in [0.25, 0.3) is 0 Å². The molecule has 526 valence electrons. The average Bonchev–Trinajstić information content (AvgIpc) is 0.771. The Balaban J connectivity index is 1.70. The monoisotopic (exact) mass is 1330 g/mol. The number of ether oxygens (including phenoxy) is 9. The zero-order valence-electron chi connectivity index (χ0n) is 51.5. The number of hydrogen-bond acceptors (Lipinski definition) is 29. The van der Waals surface area contributed by atoms with E-state index in [4.69, 9.17) is 59.8 Å². The summed E-state index contributed by atoms with van der Waals surface area (Å²) in [5, 5.41) is 123. The van der Waals surface area contributed by atoms with E-state index in [-0.39, 0.29) is 13.0 Å². The van der Waals surface area contributed by atoms with E-state index in [1.165, 1.54) is 6.92 Å². The van der Waals surface area contributed by atoms with Crippen molar-refractivity contribution in [2.45, 2.75) is 240 Å². The average molecular weight is 1330 g/mol. The molecule has 0 bridgehead atoms. The summed E-state index contributed by atoms with van der Waals surface area (Å²) in [5.41, 5.74) is 17.3. The second-order valence-electron chi connectivity index (χ2n) is 22.5. The highest BCUT2D eigenvalue weighted by Crippen LogP contribution is 2.36. The summed E-state index contributed by atoms with van der Waals surface area (Å²) in [6, 6.07) is -12.5. The Morgan fingerprint density at radius 1 is 0.489 bits per heavy atom. The molecule has 0 radical (unpaired) electrons. The number of aliphatic carboxylic acids is 2. The lowest BCUT2D eigenvalue weighted by molar-refractivity contribution is -0.365. The van der Waals surface area contributed by atoms with Crippen LogP contribution in [0.15, 0.2) is 0 Å². The molecule has 39 nitrogen and oxygen atoms in total. The van der Waals surface area contributed by atoms with Crippen LogP contribution in [0.1, 0.15) is 80.6 Å². The predicted octanol–water partition coefficient (Wildman–Crippen LogP) is -11.0. The number of amides is 8. The highest BCUT2D eigenvalue weighted by atomic mass is 16.8. The van der Waals surface area contributed by atoms with Gasteiger partial charge in [-0.25, -0.2) is 4.79 Å². The molecule has 23 N–H and O–H groups in total. The molecule has 39 heteroatoms. The number of unbranched alkanes of at least 4 members (excludes halogenated alkanes) is 1. The molecular weight excluding hydrogens is 1240 g/mol. The van der Waals surface area contributed by atoms with Gasteiger partial charge in [0.05, 0.1) is 32.5 Å².